The molecular weight excluding hydrogens is 507 g/mol. The summed E-state index contributed by atoms with van der Waals surface area (Å²) in [7, 11) is -3.61. The molecule has 0 unspecified atom stereocenters. The standard InChI is InChI=1S/C22H21Cl3N4O3S/c23-16-4-6-17(7-5-16)33(31,32)29-12-8-15(9-13-29)22(30)26-21-10-11-28(27-21)14-18-19(24)2-1-3-20(18)25/h1-7,10-11,15H,8-9,12-14H2,(H,26,27,30). The van der Waals surface area contributed by atoms with Gasteiger partial charge in [0.2, 0.25) is 15.9 Å². The zero-order chi connectivity index (χ0) is 23.6. The first-order valence-electron chi connectivity index (χ1n) is 10.3. The minimum absolute atomic E-state index is 0.181. The van der Waals surface area contributed by atoms with E-state index in [2.05, 4.69) is 10.4 Å². The molecule has 1 aliphatic heterocycles. The van der Waals surface area contributed by atoms with E-state index in [1.165, 1.54) is 16.4 Å². The Balaban J connectivity index is 1.34. The zero-order valence-corrected chi connectivity index (χ0v) is 20.5. The van der Waals surface area contributed by atoms with Crippen molar-refractivity contribution in [2.24, 2.45) is 5.92 Å². The fourth-order valence-corrected chi connectivity index (χ4v) is 5.82. The van der Waals surface area contributed by atoms with E-state index in [1.807, 2.05) is 0 Å². The molecule has 3 aromatic rings. The van der Waals surface area contributed by atoms with Crippen LogP contribution >= 0.6 is 34.8 Å². The van der Waals surface area contributed by atoms with Gasteiger partial charge in [0.25, 0.3) is 0 Å². The summed E-state index contributed by atoms with van der Waals surface area (Å²) < 4.78 is 28.7. The van der Waals surface area contributed by atoms with Gasteiger partial charge in [0.05, 0.1) is 11.4 Å². The Bertz CT molecular complexity index is 1230. The van der Waals surface area contributed by atoms with Gasteiger partial charge in [0.15, 0.2) is 5.82 Å². The van der Waals surface area contributed by atoms with E-state index in [4.69, 9.17) is 34.8 Å². The number of halogens is 3. The molecule has 174 valence electrons. The molecule has 1 aliphatic rings. The van der Waals surface area contributed by atoms with Gasteiger partial charge in [0, 0.05) is 51.9 Å². The highest BCUT2D eigenvalue weighted by atomic mass is 35.5. The number of nitrogens with zero attached hydrogens (tertiary/aromatic N) is 3. The number of carbonyl (C=O) groups is 1. The summed E-state index contributed by atoms with van der Waals surface area (Å²) in [5.41, 5.74) is 0.746. The van der Waals surface area contributed by atoms with Crippen molar-refractivity contribution in [3.8, 4) is 0 Å². The lowest BCUT2D eigenvalue weighted by Gasteiger charge is -2.30. The van der Waals surface area contributed by atoms with E-state index in [9.17, 15) is 13.2 Å². The van der Waals surface area contributed by atoms with Gasteiger partial charge in [-0.3, -0.25) is 9.48 Å². The topological polar surface area (TPSA) is 84.3 Å². The van der Waals surface area contributed by atoms with Crippen LogP contribution in [0.15, 0.2) is 59.6 Å². The summed E-state index contributed by atoms with van der Waals surface area (Å²) in [5, 5.41) is 8.76. The van der Waals surface area contributed by atoms with Crippen molar-refractivity contribution in [2.45, 2.75) is 24.3 Å². The molecule has 0 aliphatic carbocycles. The van der Waals surface area contributed by atoms with Crippen LogP contribution in [-0.2, 0) is 21.4 Å². The van der Waals surface area contributed by atoms with E-state index in [0.717, 1.165) is 5.56 Å². The number of amides is 1. The third kappa shape index (κ3) is 5.53. The van der Waals surface area contributed by atoms with Crippen molar-refractivity contribution in [3.05, 3.63) is 75.4 Å². The Hall–Kier alpha value is -2.10. The normalized spacial score (nSPS) is 15.5. The monoisotopic (exact) mass is 526 g/mol. The molecule has 1 amide bonds. The molecule has 7 nitrogen and oxygen atoms in total. The first-order chi connectivity index (χ1) is 15.7. The highest BCUT2D eigenvalue weighted by molar-refractivity contribution is 7.89. The predicted octanol–water partition coefficient (Wildman–Crippen LogP) is 4.93. The van der Waals surface area contributed by atoms with Crippen molar-refractivity contribution in [1.29, 1.82) is 0 Å². The molecule has 0 saturated carbocycles. The second-order valence-electron chi connectivity index (χ2n) is 7.72. The highest BCUT2D eigenvalue weighted by Crippen LogP contribution is 2.27. The number of anilines is 1. The van der Waals surface area contributed by atoms with Crippen LogP contribution in [0.4, 0.5) is 5.82 Å². The summed E-state index contributed by atoms with van der Waals surface area (Å²) in [6.07, 6.45) is 2.58. The van der Waals surface area contributed by atoms with Crippen molar-refractivity contribution in [1.82, 2.24) is 14.1 Å². The Morgan fingerprint density at radius 3 is 2.27 bits per heavy atom. The predicted molar refractivity (Wildman–Crippen MR) is 129 cm³/mol. The second kappa shape index (κ2) is 10.0. The van der Waals surface area contributed by atoms with Crippen LogP contribution in [0.1, 0.15) is 18.4 Å². The number of hydrogen-bond acceptors (Lipinski definition) is 4. The molecule has 0 bridgehead atoms. The van der Waals surface area contributed by atoms with Gasteiger partial charge in [-0.05, 0) is 49.2 Å². The Labute approximate surface area is 207 Å². The van der Waals surface area contributed by atoms with Crippen molar-refractivity contribution < 1.29 is 13.2 Å². The van der Waals surface area contributed by atoms with E-state index in [1.54, 1.807) is 47.3 Å². The first-order valence-corrected chi connectivity index (χ1v) is 12.8. The van der Waals surface area contributed by atoms with Crippen LogP contribution < -0.4 is 5.32 Å². The van der Waals surface area contributed by atoms with Gasteiger partial charge in [0.1, 0.15) is 0 Å². The van der Waals surface area contributed by atoms with Gasteiger partial charge in [-0.15, -0.1) is 0 Å². The number of sulfonamides is 1. The summed E-state index contributed by atoms with van der Waals surface area (Å²) >= 11 is 18.3. The molecule has 2 heterocycles. The lowest BCUT2D eigenvalue weighted by Crippen LogP contribution is -2.41. The largest absolute Gasteiger partial charge is 0.309 e. The van der Waals surface area contributed by atoms with Crippen LogP contribution in [0.5, 0.6) is 0 Å². The van der Waals surface area contributed by atoms with Crippen LogP contribution in [0.2, 0.25) is 15.1 Å². The average Bonchev–Trinajstić information content (AvgIpc) is 3.23. The number of rotatable bonds is 6. The Morgan fingerprint density at radius 1 is 1.00 bits per heavy atom. The van der Waals surface area contributed by atoms with Gasteiger partial charge >= 0.3 is 0 Å². The van der Waals surface area contributed by atoms with Crippen LogP contribution in [-0.4, -0.2) is 41.5 Å². The molecule has 1 fully saturated rings. The Morgan fingerprint density at radius 2 is 1.64 bits per heavy atom. The molecule has 1 aromatic heterocycles. The fourth-order valence-electron chi connectivity index (χ4n) is 3.70. The molecule has 2 aromatic carbocycles. The van der Waals surface area contributed by atoms with E-state index in [-0.39, 0.29) is 29.8 Å². The van der Waals surface area contributed by atoms with Crippen LogP contribution in [0.3, 0.4) is 0 Å². The van der Waals surface area contributed by atoms with Gasteiger partial charge in [-0.25, -0.2) is 8.42 Å². The average molecular weight is 528 g/mol. The minimum Gasteiger partial charge on any atom is -0.309 e. The molecule has 0 spiro atoms. The SMILES string of the molecule is O=C(Nc1ccn(Cc2c(Cl)cccc2Cl)n1)C1CCN(S(=O)(=O)c2ccc(Cl)cc2)CC1. The lowest BCUT2D eigenvalue weighted by molar-refractivity contribution is -0.120. The summed E-state index contributed by atoms with van der Waals surface area (Å²) in [5.74, 6) is -0.0659. The van der Waals surface area contributed by atoms with Crippen LogP contribution in [0.25, 0.3) is 0 Å². The second-order valence-corrected chi connectivity index (χ2v) is 10.9. The number of hydrogen-bond donors (Lipinski definition) is 1. The third-order valence-corrected chi connectivity index (χ3v) is 8.42. The van der Waals surface area contributed by atoms with E-state index in [0.29, 0.717) is 40.3 Å². The smallest absolute Gasteiger partial charge is 0.243 e. The maximum atomic E-state index is 12.8. The van der Waals surface area contributed by atoms with Crippen molar-refractivity contribution >= 4 is 56.6 Å². The van der Waals surface area contributed by atoms with E-state index < -0.39 is 10.0 Å². The third-order valence-electron chi connectivity index (χ3n) is 5.55. The molecule has 1 N–H and O–H groups in total. The molecule has 11 heteroatoms. The fraction of sp³-hybridized carbons (Fsp3) is 0.273. The quantitative estimate of drug-likeness (QED) is 0.493. The number of piperidine rings is 1. The summed E-state index contributed by atoms with van der Waals surface area (Å²) in [4.78, 5) is 12.9. The Kier molecular flexibility index (Phi) is 7.31. The highest BCUT2D eigenvalue weighted by Gasteiger charge is 2.32. The molecule has 0 radical (unpaired) electrons. The summed E-state index contributed by atoms with van der Waals surface area (Å²) in [6.45, 7) is 0.903. The van der Waals surface area contributed by atoms with E-state index >= 15 is 0 Å². The van der Waals surface area contributed by atoms with Crippen molar-refractivity contribution in [3.63, 3.8) is 0 Å². The lowest BCUT2D eigenvalue weighted by atomic mass is 9.97. The minimum atomic E-state index is -3.61. The van der Waals surface area contributed by atoms with Gasteiger partial charge in [-0.2, -0.15) is 9.40 Å². The summed E-state index contributed by atoms with van der Waals surface area (Å²) in [6, 6.07) is 13.1. The molecule has 1 saturated heterocycles. The number of carbonyl (C=O) groups excluding carboxylic acids is 1. The van der Waals surface area contributed by atoms with Crippen molar-refractivity contribution in [2.75, 3.05) is 18.4 Å². The molecule has 4 rings (SSSR count). The number of aromatic nitrogens is 2. The maximum absolute atomic E-state index is 12.8. The molecule has 0 atom stereocenters. The maximum Gasteiger partial charge on any atom is 0.243 e. The molecular formula is C22H21Cl3N4O3S. The molecule has 33 heavy (non-hydrogen) atoms. The number of nitrogens with one attached hydrogen (secondary N) is 1. The van der Waals surface area contributed by atoms with Gasteiger partial charge < -0.3 is 5.32 Å². The first kappa shape index (κ1) is 24.0. The number of benzene rings is 2. The zero-order valence-electron chi connectivity index (χ0n) is 17.4. The van der Waals surface area contributed by atoms with Crippen LogP contribution in [0, 0.1) is 5.92 Å². The van der Waals surface area contributed by atoms with Gasteiger partial charge in [-0.1, -0.05) is 40.9 Å².